The van der Waals surface area contributed by atoms with E-state index in [-0.39, 0.29) is 5.91 Å². The summed E-state index contributed by atoms with van der Waals surface area (Å²) >= 11 is 0. The van der Waals surface area contributed by atoms with E-state index in [4.69, 9.17) is 4.74 Å². The predicted molar refractivity (Wildman–Crippen MR) is 130 cm³/mol. The van der Waals surface area contributed by atoms with Gasteiger partial charge in [-0.25, -0.2) is 0 Å². The fourth-order valence-electron chi connectivity index (χ4n) is 5.24. The fourth-order valence-corrected chi connectivity index (χ4v) is 5.24. The molecule has 3 fully saturated rings. The van der Waals surface area contributed by atoms with Crippen LogP contribution >= 0.6 is 0 Å². The van der Waals surface area contributed by atoms with E-state index in [9.17, 15) is 4.79 Å². The summed E-state index contributed by atoms with van der Waals surface area (Å²) in [7, 11) is 0. The van der Waals surface area contributed by atoms with Gasteiger partial charge < -0.3 is 19.9 Å². The molecule has 1 aromatic rings. The SMILES string of the molecule is CC1CCC(C)N1CCN1CCN(CCC(=O)Nc2ccc(N3CCOCC3)cc2)CC1. The zero-order valence-electron chi connectivity index (χ0n) is 20.0. The van der Waals surface area contributed by atoms with Gasteiger partial charge in [-0.3, -0.25) is 14.6 Å². The molecule has 3 aliphatic rings. The third-order valence-corrected chi connectivity index (χ3v) is 7.46. The number of hydrogen-bond donors (Lipinski definition) is 1. The Bertz CT molecular complexity index is 704. The van der Waals surface area contributed by atoms with Gasteiger partial charge in [0.2, 0.25) is 5.91 Å². The van der Waals surface area contributed by atoms with Crippen LogP contribution in [0.1, 0.15) is 33.1 Å². The number of anilines is 2. The highest BCUT2D eigenvalue weighted by atomic mass is 16.5. The summed E-state index contributed by atoms with van der Waals surface area (Å²) in [5.74, 6) is 0.101. The maximum Gasteiger partial charge on any atom is 0.225 e. The lowest BCUT2D eigenvalue weighted by molar-refractivity contribution is -0.116. The first kappa shape index (κ1) is 23.5. The number of carbonyl (C=O) groups is 1. The molecular formula is C25H41N5O2. The van der Waals surface area contributed by atoms with Crippen molar-refractivity contribution >= 4 is 17.3 Å². The molecule has 2 atom stereocenters. The van der Waals surface area contributed by atoms with Crippen molar-refractivity contribution in [3.8, 4) is 0 Å². The quantitative estimate of drug-likeness (QED) is 0.666. The minimum atomic E-state index is 0.101. The van der Waals surface area contributed by atoms with Crippen LogP contribution in [-0.4, -0.2) is 105 Å². The fraction of sp³-hybridized carbons (Fsp3) is 0.720. The number of amides is 1. The Kier molecular flexibility index (Phi) is 8.41. The Labute approximate surface area is 193 Å². The molecule has 7 nitrogen and oxygen atoms in total. The molecule has 0 radical (unpaired) electrons. The van der Waals surface area contributed by atoms with Crippen LogP contribution in [-0.2, 0) is 9.53 Å². The molecule has 7 heteroatoms. The third-order valence-electron chi connectivity index (χ3n) is 7.46. The minimum Gasteiger partial charge on any atom is -0.378 e. The number of carbonyl (C=O) groups excluding carboxylic acids is 1. The van der Waals surface area contributed by atoms with Gasteiger partial charge in [-0.15, -0.1) is 0 Å². The van der Waals surface area contributed by atoms with Crippen LogP contribution in [0.15, 0.2) is 24.3 Å². The summed E-state index contributed by atoms with van der Waals surface area (Å²) in [6, 6.07) is 9.65. The van der Waals surface area contributed by atoms with E-state index < -0.39 is 0 Å². The zero-order valence-corrected chi connectivity index (χ0v) is 20.0. The monoisotopic (exact) mass is 443 g/mol. The van der Waals surface area contributed by atoms with Crippen LogP contribution in [0.25, 0.3) is 0 Å². The van der Waals surface area contributed by atoms with Gasteiger partial charge in [0.15, 0.2) is 0 Å². The minimum absolute atomic E-state index is 0.101. The highest BCUT2D eigenvalue weighted by molar-refractivity contribution is 5.91. The highest BCUT2D eigenvalue weighted by Gasteiger charge is 2.27. The lowest BCUT2D eigenvalue weighted by Crippen LogP contribution is -2.49. The van der Waals surface area contributed by atoms with Gasteiger partial charge in [0, 0.05) is 88.8 Å². The molecule has 178 valence electrons. The maximum atomic E-state index is 12.4. The number of benzene rings is 1. The summed E-state index contributed by atoms with van der Waals surface area (Å²) in [4.78, 5) is 22.4. The molecule has 4 rings (SSSR count). The smallest absolute Gasteiger partial charge is 0.225 e. The average Bonchev–Trinajstić information content (AvgIpc) is 3.15. The third kappa shape index (κ3) is 6.44. The largest absolute Gasteiger partial charge is 0.378 e. The first-order valence-electron chi connectivity index (χ1n) is 12.5. The summed E-state index contributed by atoms with van der Waals surface area (Å²) in [6.07, 6.45) is 3.23. The predicted octanol–water partition coefficient (Wildman–Crippen LogP) is 2.34. The Hall–Kier alpha value is -1.67. The van der Waals surface area contributed by atoms with Crippen molar-refractivity contribution in [3.05, 3.63) is 24.3 Å². The van der Waals surface area contributed by atoms with Gasteiger partial charge in [-0.1, -0.05) is 0 Å². The van der Waals surface area contributed by atoms with E-state index in [1.807, 2.05) is 12.1 Å². The molecule has 0 spiro atoms. The van der Waals surface area contributed by atoms with Crippen molar-refractivity contribution in [2.75, 3.05) is 82.3 Å². The van der Waals surface area contributed by atoms with Crippen LogP contribution in [0.5, 0.6) is 0 Å². The van der Waals surface area contributed by atoms with Gasteiger partial charge in [-0.2, -0.15) is 0 Å². The second kappa shape index (κ2) is 11.5. The zero-order chi connectivity index (χ0) is 22.3. The van der Waals surface area contributed by atoms with E-state index in [1.165, 1.54) is 31.6 Å². The average molecular weight is 444 g/mol. The molecular weight excluding hydrogens is 402 g/mol. The number of nitrogens with one attached hydrogen (secondary N) is 1. The van der Waals surface area contributed by atoms with Crippen molar-refractivity contribution in [2.45, 2.75) is 45.2 Å². The molecule has 2 unspecified atom stereocenters. The Morgan fingerprint density at radius 3 is 2.09 bits per heavy atom. The number of ether oxygens (including phenoxy) is 1. The van der Waals surface area contributed by atoms with Gasteiger partial charge >= 0.3 is 0 Å². The van der Waals surface area contributed by atoms with Crippen LogP contribution in [0.4, 0.5) is 11.4 Å². The van der Waals surface area contributed by atoms with Gasteiger partial charge in [0.05, 0.1) is 13.2 Å². The van der Waals surface area contributed by atoms with E-state index in [0.29, 0.717) is 6.42 Å². The Balaban J connectivity index is 1.12. The van der Waals surface area contributed by atoms with Gasteiger partial charge in [0.25, 0.3) is 0 Å². The van der Waals surface area contributed by atoms with Crippen molar-refractivity contribution in [1.29, 1.82) is 0 Å². The summed E-state index contributed by atoms with van der Waals surface area (Å²) in [6.45, 7) is 15.7. The summed E-state index contributed by atoms with van der Waals surface area (Å²) in [5, 5.41) is 3.06. The van der Waals surface area contributed by atoms with E-state index in [0.717, 1.165) is 76.8 Å². The Morgan fingerprint density at radius 2 is 1.47 bits per heavy atom. The number of piperazine rings is 1. The molecule has 32 heavy (non-hydrogen) atoms. The van der Waals surface area contributed by atoms with Crippen molar-refractivity contribution in [3.63, 3.8) is 0 Å². The van der Waals surface area contributed by atoms with Gasteiger partial charge in [0.1, 0.15) is 0 Å². The normalized spacial score (nSPS) is 25.9. The number of morpholine rings is 1. The number of likely N-dealkylation sites (tertiary alicyclic amines) is 1. The lowest BCUT2D eigenvalue weighted by Gasteiger charge is -2.36. The number of hydrogen-bond acceptors (Lipinski definition) is 6. The Morgan fingerprint density at radius 1 is 0.875 bits per heavy atom. The van der Waals surface area contributed by atoms with Crippen LogP contribution in [0, 0.1) is 0 Å². The molecule has 0 saturated carbocycles. The molecule has 0 aliphatic carbocycles. The second-order valence-electron chi connectivity index (χ2n) is 9.64. The molecule has 3 heterocycles. The van der Waals surface area contributed by atoms with Crippen LogP contribution < -0.4 is 10.2 Å². The maximum absolute atomic E-state index is 12.4. The second-order valence-corrected chi connectivity index (χ2v) is 9.64. The molecule has 3 saturated heterocycles. The van der Waals surface area contributed by atoms with E-state index >= 15 is 0 Å². The van der Waals surface area contributed by atoms with Crippen LogP contribution in [0.3, 0.4) is 0 Å². The molecule has 1 aromatic carbocycles. The molecule has 0 aromatic heterocycles. The lowest BCUT2D eigenvalue weighted by atomic mass is 10.2. The summed E-state index contributed by atoms with van der Waals surface area (Å²) < 4.78 is 5.41. The molecule has 1 amide bonds. The molecule has 3 aliphatic heterocycles. The van der Waals surface area contributed by atoms with Crippen molar-refractivity contribution in [2.24, 2.45) is 0 Å². The summed E-state index contributed by atoms with van der Waals surface area (Å²) in [5.41, 5.74) is 2.07. The van der Waals surface area contributed by atoms with E-state index in [1.54, 1.807) is 0 Å². The topological polar surface area (TPSA) is 51.3 Å². The number of nitrogens with zero attached hydrogens (tertiary/aromatic N) is 4. The van der Waals surface area contributed by atoms with Gasteiger partial charge in [-0.05, 0) is 51.0 Å². The van der Waals surface area contributed by atoms with Crippen molar-refractivity contribution < 1.29 is 9.53 Å². The van der Waals surface area contributed by atoms with E-state index in [2.05, 4.69) is 50.9 Å². The van der Waals surface area contributed by atoms with Crippen LogP contribution in [0.2, 0.25) is 0 Å². The first-order chi connectivity index (χ1) is 15.6. The first-order valence-corrected chi connectivity index (χ1v) is 12.5. The molecule has 0 bridgehead atoms. The standard InChI is InChI=1S/C25H41N5O2/c1-21-3-4-22(2)30(21)16-15-28-13-11-27(12-14-28)10-9-25(31)26-23-5-7-24(8-6-23)29-17-19-32-20-18-29/h5-8,21-22H,3-4,9-20H2,1-2H3,(H,26,31). The highest BCUT2D eigenvalue weighted by Crippen LogP contribution is 2.23. The number of rotatable bonds is 8. The van der Waals surface area contributed by atoms with Crippen molar-refractivity contribution in [1.82, 2.24) is 14.7 Å². The molecule has 1 N–H and O–H groups in total.